The Balaban J connectivity index is 2.64. The number of hydrogen-bond donors (Lipinski definition) is 2. The molecule has 1 aliphatic rings. The van der Waals surface area contributed by atoms with E-state index in [1.165, 1.54) is 6.92 Å². The number of aromatic nitrogens is 2. The van der Waals surface area contributed by atoms with Crippen molar-refractivity contribution in [2.75, 3.05) is 6.54 Å². The van der Waals surface area contributed by atoms with E-state index in [0.29, 0.717) is 0 Å². The van der Waals surface area contributed by atoms with E-state index in [-0.39, 0.29) is 30.2 Å². The third kappa shape index (κ3) is 1.88. The van der Waals surface area contributed by atoms with Crippen LogP contribution in [0.1, 0.15) is 28.9 Å². The standard InChI is InChI=1S/C9H10F3N3O/c1-4-14-5-2-13-3-6(16)7(5)8(15-4)9(10,11)12/h6,13,16H,2-3H2,1H3. The molecule has 0 fully saturated rings. The van der Waals surface area contributed by atoms with Crippen molar-refractivity contribution in [3.63, 3.8) is 0 Å². The highest BCUT2D eigenvalue weighted by molar-refractivity contribution is 5.32. The van der Waals surface area contributed by atoms with E-state index in [9.17, 15) is 18.3 Å². The number of aliphatic hydroxyl groups excluding tert-OH is 1. The molecule has 0 saturated heterocycles. The molecule has 0 amide bonds. The number of β-amino-alcohol motifs (C(OH)–C–C–N with tert-alkyl or cyclic N) is 1. The second kappa shape index (κ2) is 3.67. The molecule has 0 aliphatic carbocycles. The van der Waals surface area contributed by atoms with Crippen molar-refractivity contribution in [2.45, 2.75) is 25.7 Å². The highest BCUT2D eigenvalue weighted by Crippen LogP contribution is 2.35. The third-order valence-electron chi connectivity index (χ3n) is 2.37. The van der Waals surface area contributed by atoms with Gasteiger partial charge in [-0.25, -0.2) is 9.97 Å². The fourth-order valence-electron chi connectivity index (χ4n) is 1.77. The van der Waals surface area contributed by atoms with E-state index in [1.54, 1.807) is 0 Å². The molecule has 16 heavy (non-hydrogen) atoms. The van der Waals surface area contributed by atoms with Gasteiger partial charge in [-0.05, 0) is 6.92 Å². The predicted molar refractivity (Wildman–Crippen MR) is 48.4 cm³/mol. The molecular weight excluding hydrogens is 223 g/mol. The summed E-state index contributed by atoms with van der Waals surface area (Å²) in [6, 6.07) is 0. The van der Waals surface area contributed by atoms with Crippen molar-refractivity contribution in [3.8, 4) is 0 Å². The van der Waals surface area contributed by atoms with Crippen LogP contribution in [-0.4, -0.2) is 21.6 Å². The lowest BCUT2D eigenvalue weighted by atomic mass is 10.0. The van der Waals surface area contributed by atoms with Crippen molar-refractivity contribution < 1.29 is 18.3 Å². The Bertz CT molecular complexity index is 419. The average molecular weight is 233 g/mol. The van der Waals surface area contributed by atoms with Crippen LogP contribution in [0.5, 0.6) is 0 Å². The molecule has 1 aliphatic heterocycles. The molecule has 1 aromatic rings. The van der Waals surface area contributed by atoms with Crippen molar-refractivity contribution in [2.24, 2.45) is 0 Å². The Hall–Kier alpha value is -1.21. The van der Waals surface area contributed by atoms with Gasteiger partial charge in [0.05, 0.1) is 11.8 Å². The van der Waals surface area contributed by atoms with Crippen molar-refractivity contribution in [1.82, 2.24) is 15.3 Å². The molecule has 88 valence electrons. The van der Waals surface area contributed by atoms with E-state index in [4.69, 9.17) is 0 Å². The van der Waals surface area contributed by atoms with Gasteiger partial charge in [0.15, 0.2) is 5.69 Å². The fraction of sp³-hybridized carbons (Fsp3) is 0.556. The first-order chi connectivity index (χ1) is 7.39. The van der Waals surface area contributed by atoms with E-state index >= 15 is 0 Å². The lowest BCUT2D eigenvalue weighted by molar-refractivity contribution is -0.143. The molecule has 1 unspecified atom stereocenters. The third-order valence-corrected chi connectivity index (χ3v) is 2.37. The Morgan fingerprint density at radius 2 is 2.06 bits per heavy atom. The summed E-state index contributed by atoms with van der Waals surface area (Å²) in [4.78, 5) is 7.29. The Morgan fingerprint density at radius 1 is 1.38 bits per heavy atom. The fourth-order valence-corrected chi connectivity index (χ4v) is 1.77. The predicted octanol–water partition coefficient (Wildman–Crippen LogP) is 0.940. The van der Waals surface area contributed by atoms with Crippen LogP contribution in [0.25, 0.3) is 0 Å². The van der Waals surface area contributed by atoms with Crippen LogP contribution in [0.4, 0.5) is 13.2 Å². The molecule has 4 nitrogen and oxygen atoms in total. The number of alkyl halides is 3. The van der Waals surface area contributed by atoms with Crippen molar-refractivity contribution >= 4 is 0 Å². The normalized spacial score (nSPS) is 20.7. The molecule has 2 N–H and O–H groups in total. The minimum atomic E-state index is -4.56. The minimum Gasteiger partial charge on any atom is -0.387 e. The summed E-state index contributed by atoms with van der Waals surface area (Å²) < 4.78 is 38.1. The van der Waals surface area contributed by atoms with Crippen LogP contribution in [0.2, 0.25) is 0 Å². The summed E-state index contributed by atoms with van der Waals surface area (Å²) in [6.07, 6.45) is -5.77. The molecule has 0 radical (unpaired) electrons. The maximum Gasteiger partial charge on any atom is 0.433 e. The first-order valence-corrected chi connectivity index (χ1v) is 4.73. The van der Waals surface area contributed by atoms with Gasteiger partial charge < -0.3 is 10.4 Å². The van der Waals surface area contributed by atoms with Gasteiger partial charge in [-0.2, -0.15) is 13.2 Å². The summed E-state index contributed by atoms with van der Waals surface area (Å²) in [5, 5.41) is 12.3. The highest BCUT2D eigenvalue weighted by Gasteiger charge is 2.39. The number of rotatable bonds is 0. The van der Waals surface area contributed by atoms with Crippen LogP contribution in [0, 0.1) is 6.92 Å². The van der Waals surface area contributed by atoms with E-state index in [0.717, 1.165) is 0 Å². The number of nitrogens with zero attached hydrogens (tertiary/aromatic N) is 2. The lowest BCUT2D eigenvalue weighted by Crippen LogP contribution is -2.32. The van der Waals surface area contributed by atoms with Gasteiger partial charge in [-0.15, -0.1) is 0 Å². The lowest BCUT2D eigenvalue weighted by Gasteiger charge is -2.24. The maximum atomic E-state index is 12.7. The van der Waals surface area contributed by atoms with Gasteiger partial charge in [0.25, 0.3) is 0 Å². The van der Waals surface area contributed by atoms with Crippen LogP contribution in [0.15, 0.2) is 0 Å². The summed E-state index contributed by atoms with van der Waals surface area (Å²) in [7, 11) is 0. The number of fused-ring (bicyclic) bond motifs is 1. The Kier molecular flexibility index (Phi) is 2.59. The van der Waals surface area contributed by atoms with Crippen LogP contribution in [-0.2, 0) is 12.7 Å². The maximum absolute atomic E-state index is 12.7. The molecule has 0 bridgehead atoms. The van der Waals surface area contributed by atoms with Gasteiger partial charge in [0.2, 0.25) is 0 Å². The molecule has 0 saturated carbocycles. The SMILES string of the molecule is Cc1nc2c(c(C(F)(F)F)n1)C(O)CNC2. The molecule has 2 rings (SSSR count). The van der Waals surface area contributed by atoms with Gasteiger partial charge in [-0.3, -0.25) is 0 Å². The highest BCUT2D eigenvalue weighted by atomic mass is 19.4. The summed E-state index contributed by atoms with van der Waals surface area (Å²) >= 11 is 0. The molecule has 2 heterocycles. The molecule has 0 aromatic carbocycles. The van der Waals surface area contributed by atoms with Gasteiger partial charge in [-0.1, -0.05) is 0 Å². The number of aliphatic hydroxyl groups is 1. The van der Waals surface area contributed by atoms with Crippen LogP contribution in [0.3, 0.4) is 0 Å². The molecule has 7 heteroatoms. The minimum absolute atomic E-state index is 0.0574. The summed E-state index contributed by atoms with van der Waals surface area (Å²) in [6.45, 7) is 1.71. The largest absolute Gasteiger partial charge is 0.433 e. The first kappa shape index (κ1) is 11.3. The number of halogens is 3. The van der Waals surface area contributed by atoms with Gasteiger partial charge >= 0.3 is 6.18 Å². The zero-order valence-electron chi connectivity index (χ0n) is 8.47. The second-order valence-electron chi connectivity index (χ2n) is 3.62. The number of aryl methyl sites for hydroxylation is 1. The topological polar surface area (TPSA) is 58.0 Å². The monoisotopic (exact) mass is 233 g/mol. The number of nitrogens with one attached hydrogen (secondary N) is 1. The quantitative estimate of drug-likeness (QED) is 0.700. The van der Waals surface area contributed by atoms with Gasteiger partial charge in [0.1, 0.15) is 5.82 Å². The van der Waals surface area contributed by atoms with E-state index in [2.05, 4.69) is 15.3 Å². The van der Waals surface area contributed by atoms with Crippen molar-refractivity contribution in [3.05, 3.63) is 22.8 Å². The van der Waals surface area contributed by atoms with Crippen molar-refractivity contribution in [1.29, 1.82) is 0 Å². The summed E-state index contributed by atoms with van der Waals surface area (Å²) in [5.74, 6) is 0.0574. The average Bonchev–Trinajstić information content (AvgIpc) is 2.15. The number of hydrogen-bond acceptors (Lipinski definition) is 4. The summed E-state index contributed by atoms with van der Waals surface area (Å²) in [5.41, 5.74) is -1.00. The van der Waals surface area contributed by atoms with E-state index in [1.807, 2.05) is 0 Å². The van der Waals surface area contributed by atoms with E-state index < -0.39 is 18.0 Å². The molecular formula is C9H10F3N3O. The van der Waals surface area contributed by atoms with Crippen LogP contribution < -0.4 is 5.32 Å². The smallest absolute Gasteiger partial charge is 0.387 e. The molecule has 1 aromatic heterocycles. The second-order valence-corrected chi connectivity index (χ2v) is 3.62. The molecule has 0 spiro atoms. The zero-order chi connectivity index (χ0) is 11.9. The molecule has 1 atom stereocenters. The Morgan fingerprint density at radius 3 is 2.69 bits per heavy atom. The first-order valence-electron chi connectivity index (χ1n) is 4.73. The van der Waals surface area contributed by atoms with Gasteiger partial charge in [0, 0.05) is 18.7 Å². The Labute approximate surface area is 89.5 Å². The van der Waals surface area contributed by atoms with Crippen LogP contribution >= 0.6 is 0 Å². The zero-order valence-corrected chi connectivity index (χ0v) is 8.47.